The summed E-state index contributed by atoms with van der Waals surface area (Å²) in [6, 6.07) is 11.5. The number of nitrogens with one attached hydrogen (secondary N) is 2. The van der Waals surface area contributed by atoms with E-state index >= 15 is 0 Å². The van der Waals surface area contributed by atoms with Crippen LogP contribution in [0.4, 0.5) is 17.3 Å². The molecule has 0 radical (unpaired) electrons. The maximum absolute atomic E-state index is 13.7. The van der Waals surface area contributed by atoms with E-state index in [1.165, 1.54) is 16.5 Å². The maximum atomic E-state index is 13.7. The molecule has 0 aliphatic carbocycles. The third kappa shape index (κ3) is 6.39. The Morgan fingerprint density at radius 1 is 0.951 bits per heavy atom. The second-order valence-corrected chi connectivity index (χ2v) is 11.0. The summed E-state index contributed by atoms with van der Waals surface area (Å²) < 4.78 is 0. The zero-order valence-corrected chi connectivity index (χ0v) is 24.9. The third-order valence-corrected chi connectivity index (χ3v) is 8.34. The van der Waals surface area contributed by atoms with Gasteiger partial charge < -0.3 is 15.5 Å². The highest BCUT2D eigenvalue weighted by Gasteiger charge is 2.22. The molecule has 5 rings (SSSR count). The fraction of sp³-hybridized carbons (Fsp3) is 0.241. The molecule has 0 spiro atoms. The quantitative estimate of drug-likeness (QED) is 0.253. The SMILES string of the molecule is Bc1c(B)c(C(=O)Nc2ccc(C)c(Nc3nccc(-c4cccnc4)n3)c2)c(B)c(B)c1CN1CCN(C)CC1. The van der Waals surface area contributed by atoms with Crippen molar-refractivity contribution in [1.29, 1.82) is 0 Å². The van der Waals surface area contributed by atoms with Crippen LogP contribution in [0, 0.1) is 6.92 Å². The number of hydrogen-bond donors (Lipinski definition) is 2. The van der Waals surface area contributed by atoms with Crippen LogP contribution in [0.1, 0.15) is 21.5 Å². The standard InChI is InChI=1S/C29H35B4N7O/c1-17-5-6-19(14-22(17)38-29-35-9-7-21(37-29)18-4-3-8-34-15-18)36-28(41)23-26(32)24(30)20(25(31)27(23)33)16-40-12-10-39(2)11-13-40/h3-9,14-15H,10-13,16,30-33H2,1-2H3,(H,36,41)(H,35,37,38). The minimum atomic E-state index is -0.0954. The Kier molecular flexibility index (Phi) is 8.61. The van der Waals surface area contributed by atoms with E-state index in [0.29, 0.717) is 11.6 Å². The van der Waals surface area contributed by atoms with Crippen LogP contribution < -0.4 is 32.5 Å². The Hall–Kier alpha value is -3.88. The zero-order valence-electron chi connectivity index (χ0n) is 24.9. The summed E-state index contributed by atoms with van der Waals surface area (Å²) in [5.41, 5.74) is 10.8. The lowest BCUT2D eigenvalue weighted by molar-refractivity contribution is 0.102. The van der Waals surface area contributed by atoms with Crippen LogP contribution >= 0.6 is 0 Å². The molecular formula is C29H35B4N7O. The second-order valence-electron chi connectivity index (χ2n) is 11.0. The predicted octanol–water partition coefficient (Wildman–Crippen LogP) is -2.38. The summed E-state index contributed by atoms with van der Waals surface area (Å²) in [5, 5.41) is 6.47. The number of rotatable bonds is 7. The van der Waals surface area contributed by atoms with Crippen molar-refractivity contribution in [2.45, 2.75) is 13.5 Å². The van der Waals surface area contributed by atoms with Gasteiger partial charge in [0, 0.05) is 73.8 Å². The number of hydrogen-bond acceptors (Lipinski definition) is 7. The van der Waals surface area contributed by atoms with E-state index in [1.54, 1.807) is 18.6 Å². The van der Waals surface area contributed by atoms with E-state index in [2.05, 4.69) is 73.8 Å². The normalized spacial score (nSPS) is 14.1. The second kappa shape index (κ2) is 12.3. The molecule has 2 aromatic heterocycles. The van der Waals surface area contributed by atoms with Gasteiger partial charge in [-0.3, -0.25) is 14.7 Å². The van der Waals surface area contributed by atoms with Crippen LogP contribution in [0.5, 0.6) is 0 Å². The number of likely N-dealkylation sites (N-methyl/N-ethyl adjacent to an activating group) is 1. The molecule has 2 aromatic carbocycles. The summed E-state index contributed by atoms with van der Waals surface area (Å²) in [4.78, 5) is 31.8. The summed E-state index contributed by atoms with van der Waals surface area (Å²) in [5.74, 6) is 0.383. The molecule has 0 saturated carbocycles. The molecule has 204 valence electrons. The molecule has 1 fully saturated rings. The smallest absolute Gasteiger partial charge is 0.254 e. The summed E-state index contributed by atoms with van der Waals surface area (Å²) >= 11 is 0. The number of piperazine rings is 1. The first kappa shape index (κ1) is 28.6. The van der Waals surface area contributed by atoms with Gasteiger partial charge in [0.25, 0.3) is 5.91 Å². The molecule has 0 unspecified atom stereocenters. The molecule has 2 N–H and O–H groups in total. The predicted molar refractivity (Wildman–Crippen MR) is 180 cm³/mol. The number of aromatic nitrogens is 3. The fourth-order valence-corrected chi connectivity index (χ4v) is 5.44. The number of carbonyl (C=O) groups excluding carboxylic acids is 1. The molecule has 1 aliphatic heterocycles. The largest absolute Gasteiger partial charge is 0.324 e. The van der Waals surface area contributed by atoms with Crippen LogP contribution in [0.2, 0.25) is 0 Å². The summed E-state index contributed by atoms with van der Waals surface area (Å²) in [7, 11) is 10.6. The Morgan fingerprint density at radius 3 is 2.37 bits per heavy atom. The highest BCUT2D eigenvalue weighted by atomic mass is 16.1. The minimum absolute atomic E-state index is 0.0954. The van der Waals surface area contributed by atoms with E-state index in [9.17, 15) is 4.79 Å². The van der Waals surface area contributed by atoms with Gasteiger partial charge in [0.2, 0.25) is 5.95 Å². The number of benzene rings is 2. The van der Waals surface area contributed by atoms with Crippen LogP contribution in [-0.2, 0) is 6.54 Å². The first-order chi connectivity index (χ1) is 19.7. The van der Waals surface area contributed by atoms with E-state index in [-0.39, 0.29) is 5.91 Å². The minimum Gasteiger partial charge on any atom is -0.324 e. The first-order valence-corrected chi connectivity index (χ1v) is 14.1. The lowest BCUT2D eigenvalue weighted by Crippen LogP contribution is -2.52. The van der Waals surface area contributed by atoms with Crippen molar-refractivity contribution in [2.75, 3.05) is 43.9 Å². The van der Waals surface area contributed by atoms with Crippen LogP contribution in [-0.4, -0.2) is 95.3 Å². The maximum Gasteiger partial charge on any atom is 0.254 e. The van der Waals surface area contributed by atoms with Crippen LogP contribution in [0.3, 0.4) is 0 Å². The summed E-state index contributed by atoms with van der Waals surface area (Å²) in [6.07, 6.45) is 5.24. The van der Waals surface area contributed by atoms with Gasteiger partial charge in [-0.1, -0.05) is 27.9 Å². The van der Waals surface area contributed by atoms with E-state index in [4.69, 9.17) is 0 Å². The van der Waals surface area contributed by atoms with Gasteiger partial charge in [0.05, 0.1) is 5.69 Å². The number of anilines is 3. The molecule has 0 bridgehead atoms. The van der Waals surface area contributed by atoms with Crippen molar-refractivity contribution >= 4 is 76.5 Å². The number of aryl methyl sites for hydroxylation is 1. The highest BCUT2D eigenvalue weighted by Crippen LogP contribution is 2.24. The molecule has 41 heavy (non-hydrogen) atoms. The van der Waals surface area contributed by atoms with Gasteiger partial charge >= 0.3 is 0 Å². The first-order valence-electron chi connectivity index (χ1n) is 14.1. The third-order valence-electron chi connectivity index (χ3n) is 8.34. The van der Waals surface area contributed by atoms with Crippen LogP contribution in [0.15, 0.2) is 55.0 Å². The fourth-order valence-electron chi connectivity index (χ4n) is 5.44. The Labute approximate surface area is 246 Å². The number of carbonyl (C=O) groups is 1. The Balaban J connectivity index is 1.35. The molecule has 4 aromatic rings. The lowest BCUT2D eigenvalue weighted by atomic mass is 9.64. The summed E-state index contributed by atoms with van der Waals surface area (Å²) in [6.45, 7) is 7.25. The van der Waals surface area contributed by atoms with Gasteiger partial charge in [0.1, 0.15) is 31.4 Å². The van der Waals surface area contributed by atoms with Gasteiger partial charge in [0.15, 0.2) is 0 Å². The van der Waals surface area contributed by atoms with Gasteiger partial charge in [-0.2, -0.15) is 0 Å². The van der Waals surface area contributed by atoms with Crippen molar-refractivity contribution < 1.29 is 4.79 Å². The number of pyridine rings is 1. The molecule has 12 heteroatoms. The highest BCUT2D eigenvalue weighted by molar-refractivity contribution is 6.60. The van der Waals surface area contributed by atoms with Crippen molar-refractivity contribution in [3.63, 3.8) is 0 Å². The Bertz CT molecular complexity index is 1550. The zero-order chi connectivity index (χ0) is 29.1. The molecule has 1 aliphatic rings. The van der Waals surface area contributed by atoms with E-state index in [1.807, 2.05) is 43.3 Å². The van der Waals surface area contributed by atoms with Gasteiger partial charge in [-0.05, 0) is 55.4 Å². The van der Waals surface area contributed by atoms with E-state index < -0.39 is 0 Å². The van der Waals surface area contributed by atoms with Crippen molar-refractivity contribution in [3.8, 4) is 11.3 Å². The topological polar surface area (TPSA) is 86.3 Å². The van der Waals surface area contributed by atoms with Gasteiger partial charge in [-0.25, -0.2) is 9.97 Å². The Morgan fingerprint density at radius 2 is 1.68 bits per heavy atom. The molecular weight excluding hydrogens is 506 g/mol. The number of amides is 1. The van der Waals surface area contributed by atoms with Crippen molar-refractivity contribution in [1.82, 2.24) is 24.8 Å². The average Bonchev–Trinajstić information content (AvgIpc) is 2.98. The number of nitrogens with zero attached hydrogens (tertiary/aromatic N) is 5. The molecule has 1 amide bonds. The molecule has 3 heterocycles. The molecule has 1 saturated heterocycles. The molecule has 0 atom stereocenters. The lowest BCUT2D eigenvalue weighted by Gasteiger charge is -2.34. The average molecular weight is 541 g/mol. The monoisotopic (exact) mass is 541 g/mol. The van der Waals surface area contributed by atoms with Crippen LogP contribution in [0.25, 0.3) is 11.3 Å². The van der Waals surface area contributed by atoms with Crippen molar-refractivity contribution in [3.05, 3.63) is 71.7 Å². The van der Waals surface area contributed by atoms with E-state index in [0.717, 1.165) is 71.7 Å². The molecule has 8 nitrogen and oxygen atoms in total. The van der Waals surface area contributed by atoms with Crippen molar-refractivity contribution in [2.24, 2.45) is 0 Å². The van der Waals surface area contributed by atoms with Gasteiger partial charge in [-0.15, -0.1) is 0 Å².